The van der Waals surface area contributed by atoms with Crippen LogP contribution in [0.3, 0.4) is 0 Å². The molecule has 0 radical (unpaired) electrons. The monoisotopic (exact) mass is 592 g/mol. The highest BCUT2D eigenvalue weighted by atomic mass is 35.5. The Bertz CT molecular complexity index is 1450. The number of halogens is 4. The summed E-state index contributed by atoms with van der Waals surface area (Å²) in [6.07, 6.45) is -0.840. The van der Waals surface area contributed by atoms with E-state index in [0.717, 1.165) is 10.3 Å². The van der Waals surface area contributed by atoms with Crippen LogP contribution in [-0.2, 0) is 32.6 Å². The van der Waals surface area contributed by atoms with Crippen molar-refractivity contribution in [2.24, 2.45) is 11.8 Å². The highest BCUT2D eigenvalue weighted by molar-refractivity contribution is 6.34. The number of carboxylic acids is 1. The minimum atomic E-state index is -4.56. The van der Waals surface area contributed by atoms with Gasteiger partial charge in [-0.1, -0.05) is 29.8 Å². The summed E-state index contributed by atoms with van der Waals surface area (Å²) in [6.45, 7) is 5.42. The summed E-state index contributed by atoms with van der Waals surface area (Å²) in [5, 5.41) is 14.2. The van der Waals surface area contributed by atoms with Gasteiger partial charge in [0, 0.05) is 12.0 Å². The number of nitrogens with zero attached hydrogens (tertiary/aromatic N) is 2. The average Bonchev–Trinajstić information content (AvgIpc) is 3.63. The molecule has 1 heterocycles. The maximum Gasteiger partial charge on any atom is 0.398 e. The summed E-state index contributed by atoms with van der Waals surface area (Å²) in [5.74, 6) is -3.19. The molecular formula is C30H32ClF3N2O5. The molecule has 0 spiro atoms. The van der Waals surface area contributed by atoms with Crippen molar-refractivity contribution in [1.82, 2.24) is 9.78 Å². The summed E-state index contributed by atoms with van der Waals surface area (Å²) in [6, 6.07) is 4.07. The highest BCUT2D eigenvalue weighted by Gasteiger charge is 2.65. The van der Waals surface area contributed by atoms with Crippen molar-refractivity contribution in [3.05, 3.63) is 57.4 Å². The lowest BCUT2D eigenvalue weighted by Gasteiger charge is -2.26. The molecule has 2 unspecified atom stereocenters. The van der Waals surface area contributed by atoms with Gasteiger partial charge in [-0.15, -0.1) is 0 Å². The number of carboxylic acid groups (broad SMARTS) is 1. The third-order valence-electron chi connectivity index (χ3n) is 8.30. The number of allylic oxidation sites excluding steroid dienone is 2. The van der Waals surface area contributed by atoms with E-state index in [-0.39, 0.29) is 47.3 Å². The molecule has 0 saturated heterocycles. The zero-order valence-electron chi connectivity index (χ0n) is 23.1. The molecule has 2 atom stereocenters. The van der Waals surface area contributed by atoms with Crippen LogP contribution in [0.2, 0.25) is 5.02 Å². The van der Waals surface area contributed by atoms with Crippen LogP contribution in [0.1, 0.15) is 92.2 Å². The summed E-state index contributed by atoms with van der Waals surface area (Å²) < 4.78 is 48.9. The first-order valence-corrected chi connectivity index (χ1v) is 14.2. The second-order valence-corrected chi connectivity index (χ2v) is 12.7. The first-order valence-electron chi connectivity index (χ1n) is 13.8. The molecule has 1 fully saturated rings. The Kier molecular flexibility index (Phi) is 7.37. The van der Waals surface area contributed by atoms with Gasteiger partial charge in [0.2, 0.25) is 0 Å². The molecule has 1 aromatic heterocycles. The van der Waals surface area contributed by atoms with E-state index >= 15 is 0 Å². The Balaban J connectivity index is 1.55. The van der Waals surface area contributed by atoms with Crippen molar-refractivity contribution < 1.29 is 37.4 Å². The Morgan fingerprint density at radius 1 is 1.10 bits per heavy atom. The van der Waals surface area contributed by atoms with Crippen LogP contribution in [-0.4, -0.2) is 44.5 Å². The maximum absolute atomic E-state index is 14.1. The van der Waals surface area contributed by atoms with E-state index in [2.05, 4.69) is 5.10 Å². The van der Waals surface area contributed by atoms with Gasteiger partial charge in [0.1, 0.15) is 5.60 Å². The normalized spacial score (nSPS) is 22.0. The van der Waals surface area contributed by atoms with Gasteiger partial charge in [-0.3, -0.25) is 14.4 Å². The zero-order valence-corrected chi connectivity index (χ0v) is 23.9. The fourth-order valence-corrected chi connectivity index (χ4v) is 6.23. The van der Waals surface area contributed by atoms with E-state index in [1.165, 1.54) is 18.2 Å². The van der Waals surface area contributed by atoms with Gasteiger partial charge < -0.3 is 9.84 Å². The first-order chi connectivity index (χ1) is 19.1. The molecule has 0 aliphatic heterocycles. The highest BCUT2D eigenvalue weighted by Crippen LogP contribution is 2.60. The van der Waals surface area contributed by atoms with Crippen LogP contribution in [0.4, 0.5) is 13.2 Å². The minimum Gasteiger partial charge on any atom is -0.481 e. The summed E-state index contributed by atoms with van der Waals surface area (Å²) in [7, 11) is 0. The van der Waals surface area contributed by atoms with Crippen LogP contribution < -0.4 is 0 Å². The predicted octanol–water partition coefficient (Wildman–Crippen LogP) is 6.53. The number of hydrogen-bond acceptors (Lipinski definition) is 5. The molecular weight excluding hydrogens is 561 g/mol. The van der Waals surface area contributed by atoms with E-state index < -0.39 is 35.0 Å². The van der Waals surface area contributed by atoms with Gasteiger partial charge in [0.25, 0.3) is 5.91 Å². The summed E-state index contributed by atoms with van der Waals surface area (Å²) in [4.78, 5) is 38.5. The summed E-state index contributed by atoms with van der Waals surface area (Å²) in [5.41, 5.74) is -0.782. The molecule has 1 N–H and O–H groups in total. The number of ether oxygens (including phenoxy) is 1. The zero-order chi connectivity index (χ0) is 29.9. The fraction of sp³-hybridized carbons (Fsp3) is 0.533. The number of benzene rings is 1. The number of alkyl halides is 3. The molecule has 1 saturated carbocycles. The molecule has 3 aliphatic carbocycles. The van der Waals surface area contributed by atoms with Crippen molar-refractivity contribution in [1.29, 1.82) is 0 Å². The molecule has 41 heavy (non-hydrogen) atoms. The number of rotatable bonds is 5. The lowest BCUT2D eigenvalue weighted by atomic mass is 9.82. The molecule has 11 heteroatoms. The van der Waals surface area contributed by atoms with E-state index in [0.29, 0.717) is 49.1 Å². The molecule has 2 aromatic rings. The second-order valence-electron chi connectivity index (χ2n) is 12.2. The van der Waals surface area contributed by atoms with E-state index in [1.807, 2.05) is 6.08 Å². The van der Waals surface area contributed by atoms with Crippen molar-refractivity contribution in [2.45, 2.75) is 89.3 Å². The number of carbonyl (C=O) groups is 3. The summed E-state index contributed by atoms with van der Waals surface area (Å²) >= 11 is 6.39. The average molecular weight is 593 g/mol. The molecule has 5 rings (SSSR count). The third-order valence-corrected chi connectivity index (χ3v) is 8.62. The Morgan fingerprint density at radius 2 is 1.78 bits per heavy atom. The van der Waals surface area contributed by atoms with Gasteiger partial charge >= 0.3 is 18.1 Å². The van der Waals surface area contributed by atoms with Crippen LogP contribution >= 0.6 is 11.6 Å². The van der Waals surface area contributed by atoms with E-state index in [1.54, 1.807) is 20.8 Å². The number of aromatic nitrogens is 2. The number of carbonyl (C=O) groups excluding carboxylic acids is 2. The molecule has 3 aliphatic rings. The maximum atomic E-state index is 14.1. The van der Waals surface area contributed by atoms with Crippen molar-refractivity contribution >= 4 is 35.0 Å². The Labute approximate surface area is 240 Å². The SMILES string of the molecule is CC(C)(C)OC(=O)C1CC=C(c2nn(C(=O)c3c(Cl)cccc3C3(C(F)(F)F)CC3)c3c2CCC(C(=O)O)C3)CC1. The number of esters is 1. The fourth-order valence-electron chi connectivity index (χ4n) is 5.97. The predicted molar refractivity (Wildman–Crippen MR) is 145 cm³/mol. The molecule has 0 amide bonds. The molecule has 220 valence electrons. The van der Waals surface area contributed by atoms with Gasteiger partial charge in [-0.05, 0) is 82.9 Å². The van der Waals surface area contributed by atoms with Gasteiger partial charge in [0.15, 0.2) is 0 Å². The van der Waals surface area contributed by atoms with E-state index in [4.69, 9.17) is 16.3 Å². The standard InChI is InChI=1S/C30H32ClF3N2O5/c1-28(2,3)41-27(40)17-9-7-16(8-10-17)24-19-12-11-18(26(38)39)15-22(19)36(35-24)25(37)23-20(5-4-6-21(23)31)29(13-14-29)30(32,33)34/h4-7,17-18H,8-15H2,1-3H3,(H,38,39). The lowest BCUT2D eigenvalue weighted by molar-refractivity contribution is -0.161. The van der Waals surface area contributed by atoms with Gasteiger partial charge in [0.05, 0.1) is 39.2 Å². The van der Waals surface area contributed by atoms with Gasteiger partial charge in [-0.2, -0.15) is 23.0 Å². The van der Waals surface area contributed by atoms with Crippen LogP contribution in [0.5, 0.6) is 0 Å². The molecule has 0 bridgehead atoms. The van der Waals surface area contributed by atoms with Crippen LogP contribution in [0.15, 0.2) is 24.3 Å². The Morgan fingerprint density at radius 3 is 2.34 bits per heavy atom. The third kappa shape index (κ3) is 5.43. The molecule has 1 aromatic carbocycles. The Hall–Kier alpha value is -3.14. The minimum absolute atomic E-state index is 0.0153. The van der Waals surface area contributed by atoms with Crippen molar-refractivity contribution in [3.63, 3.8) is 0 Å². The van der Waals surface area contributed by atoms with E-state index in [9.17, 15) is 32.7 Å². The second kappa shape index (κ2) is 10.3. The van der Waals surface area contributed by atoms with Crippen molar-refractivity contribution in [2.75, 3.05) is 0 Å². The number of fused-ring (bicyclic) bond motifs is 1. The van der Waals surface area contributed by atoms with Crippen LogP contribution in [0, 0.1) is 11.8 Å². The quantitative estimate of drug-likeness (QED) is 0.396. The number of hydrogen-bond donors (Lipinski definition) is 1. The molecule has 7 nitrogen and oxygen atoms in total. The van der Waals surface area contributed by atoms with Gasteiger partial charge in [-0.25, -0.2) is 0 Å². The topological polar surface area (TPSA) is 98.5 Å². The smallest absolute Gasteiger partial charge is 0.398 e. The first kappa shape index (κ1) is 29.4. The largest absolute Gasteiger partial charge is 0.481 e. The lowest BCUT2D eigenvalue weighted by Crippen LogP contribution is -2.32. The van der Waals surface area contributed by atoms with Crippen LogP contribution in [0.25, 0.3) is 5.57 Å². The number of aliphatic carboxylic acids is 1. The van der Waals surface area contributed by atoms with Crippen molar-refractivity contribution in [3.8, 4) is 0 Å².